The van der Waals surface area contributed by atoms with Crippen molar-refractivity contribution in [1.29, 1.82) is 0 Å². The minimum Gasteiger partial charge on any atom is -0.466 e. The number of hydrogen-bond donors (Lipinski definition) is 0. The highest BCUT2D eigenvalue weighted by atomic mass is 19.1. The van der Waals surface area contributed by atoms with Crippen molar-refractivity contribution in [2.75, 3.05) is 7.11 Å². The molecular formula is C12H13FO2. The lowest BCUT2D eigenvalue weighted by Gasteiger charge is -2.00. The molecule has 0 saturated carbocycles. The molecule has 0 fully saturated rings. The van der Waals surface area contributed by atoms with Crippen LogP contribution >= 0.6 is 0 Å². The molecular weight excluding hydrogens is 195 g/mol. The van der Waals surface area contributed by atoms with E-state index in [0.29, 0.717) is 12.0 Å². The summed E-state index contributed by atoms with van der Waals surface area (Å²) in [6.07, 6.45) is 3.26. The van der Waals surface area contributed by atoms with Crippen LogP contribution < -0.4 is 0 Å². The maximum absolute atomic E-state index is 13.3. The molecule has 0 aliphatic rings. The second-order valence-corrected chi connectivity index (χ2v) is 3.22. The molecule has 2 nitrogen and oxygen atoms in total. The van der Waals surface area contributed by atoms with E-state index >= 15 is 0 Å². The molecule has 0 atom stereocenters. The summed E-state index contributed by atoms with van der Waals surface area (Å²) in [6, 6.07) is 5.03. The van der Waals surface area contributed by atoms with Crippen molar-refractivity contribution in [3.63, 3.8) is 0 Å². The minimum atomic E-state index is -0.428. The first-order valence-electron chi connectivity index (χ1n) is 4.63. The van der Waals surface area contributed by atoms with Gasteiger partial charge in [0.25, 0.3) is 0 Å². The molecule has 0 unspecified atom stereocenters. The van der Waals surface area contributed by atoms with Gasteiger partial charge in [0.15, 0.2) is 0 Å². The molecule has 3 heteroatoms. The molecule has 15 heavy (non-hydrogen) atoms. The number of halogens is 1. The fourth-order valence-corrected chi connectivity index (χ4v) is 1.17. The van der Waals surface area contributed by atoms with Gasteiger partial charge in [0.2, 0.25) is 0 Å². The molecule has 1 rings (SSSR count). The molecule has 0 amide bonds. The Labute approximate surface area is 88.4 Å². The maximum atomic E-state index is 13.3. The Balaban J connectivity index is 2.65. The van der Waals surface area contributed by atoms with Gasteiger partial charge in [-0.3, -0.25) is 0 Å². The third-order valence-corrected chi connectivity index (χ3v) is 2.00. The molecule has 0 spiro atoms. The molecule has 0 aliphatic carbocycles. The van der Waals surface area contributed by atoms with Crippen LogP contribution in [0.1, 0.15) is 11.1 Å². The van der Waals surface area contributed by atoms with Gasteiger partial charge in [-0.15, -0.1) is 0 Å². The Hall–Kier alpha value is -1.64. The van der Waals surface area contributed by atoms with Gasteiger partial charge in [0.1, 0.15) is 5.82 Å². The van der Waals surface area contributed by atoms with Crippen molar-refractivity contribution >= 4 is 5.97 Å². The Morgan fingerprint density at radius 1 is 1.53 bits per heavy atom. The summed E-state index contributed by atoms with van der Waals surface area (Å²) >= 11 is 0. The summed E-state index contributed by atoms with van der Waals surface area (Å²) in [5.74, 6) is -0.674. The normalized spacial score (nSPS) is 10.6. The third-order valence-electron chi connectivity index (χ3n) is 2.00. The van der Waals surface area contributed by atoms with Crippen LogP contribution in [0.25, 0.3) is 0 Å². The average Bonchev–Trinajstić information content (AvgIpc) is 2.21. The standard InChI is InChI=1S/C12H13FO2/c1-9-6-7-10(11(13)8-9)4-3-5-12(14)15-2/h3,5-8H,4H2,1-2H3/b5-3+. The van der Waals surface area contributed by atoms with Crippen molar-refractivity contribution < 1.29 is 13.9 Å². The van der Waals surface area contributed by atoms with E-state index in [-0.39, 0.29) is 5.82 Å². The van der Waals surface area contributed by atoms with Crippen molar-refractivity contribution in [3.8, 4) is 0 Å². The number of allylic oxidation sites excluding steroid dienone is 1. The van der Waals surface area contributed by atoms with Crippen LogP contribution in [0.2, 0.25) is 0 Å². The number of hydrogen-bond acceptors (Lipinski definition) is 2. The van der Waals surface area contributed by atoms with Crippen LogP contribution in [0, 0.1) is 12.7 Å². The molecule has 0 bridgehead atoms. The minimum absolute atomic E-state index is 0.246. The van der Waals surface area contributed by atoms with Crippen LogP contribution in [-0.2, 0) is 16.0 Å². The first-order valence-corrected chi connectivity index (χ1v) is 4.63. The van der Waals surface area contributed by atoms with E-state index in [9.17, 15) is 9.18 Å². The van der Waals surface area contributed by atoms with Crippen LogP contribution in [0.5, 0.6) is 0 Å². The van der Waals surface area contributed by atoms with Crippen LogP contribution in [-0.4, -0.2) is 13.1 Å². The van der Waals surface area contributed by atoms with Crippen LogP contribution in [0.3, 0.4) is 0 Å². The maximum Gasteiger partial charge on any atom is 0.330 e. The summed E-state index contributed by atoms with van der Waals surface area (Å²) in [7, 11) is 1.30. The number of carbonyl (C=O) groups is 1. The van der Waals surface area contributed by atoms with E-state index in [1.807, 2.05) is 13.0 Å². The second kappa shape index (κ2) is 5.29. The highest BCUT2D eigenvalue weighted by Gasteiger charge is 2.00. The highest BCUT2D eigenvalue weighted by molar-refractivity contribution is 5.81. The van der Waals surface area contributed by atoms with Crippen LogP contribution in [0.15, 0.2) is 30.4 Å². The molecule has 1 aromatic carbocycles. The van der Waals surface area contributed by atoms with Gasteiger partial charge in [-0.2, -0.15) is 0 Å². The van der Waals surface area contributed by atoms with Crippen molar-refractivity contribution in [2.45, 2.75) is 13.3 Å². The molecule has 0 saturated heterocycles. The van der Waals surface area contributed by atoms with Gasteiger partial charge >= 0.3 is 5.97 Å². The monoisotopic (exact) mass is 208 g/mol. The number of carbonyl (C=O) groups excluding carboxylic acids is 1. The van der Waals surface area contributed by atoms with Gasteiger partial charge in [-0.05, 0) is 30.5 Å². The van der Waals surface area contributed by atoms with Crippen molar-refractivity contribution in [3.05, 3.63) is 47.3 Å². The van der Waals surface area contributed by atoms with E-state index in [0.717, 1.165) is 5.56 Å². The number of methoxy groups -OCH3 is 1. The number of ether oxygens (including phenoxy) is 1. The third kappa shape index (κ3) is 3.54. The lowest BCUT2D eigenvalue weighted by atomic mass is 10.1. The quantitative estimate of drug-likeness (QED) is 0.563. The first-order chi connectivity index (χ1) is 7.13. The predicted octanol–water partition coefficient (Wildman–Crippen LogP) is 2.41. The smallest absolute Gasteiger partial charge is 0.330 e. The zero-order chi connectivity index (χ0) is 11.3. The molecule has 0 N–H and O–H groups in total. The predicted molar refractivity (Wildman–Crippen MR) is 56.0 cm³/mol. The Morgan fingerprint density at radius 2 is 2.27 bits per heavy atom. The molecule has 80 valence electrons. The fourth-order valence-electron chi connectivity index (χ4n) is 1.17. The number of rotatable bonds is 3. The number of esters is 1. The average molecular weight is 208 g/mol. The summed E-state index contributed by atoms with van der Waals surface area (Å²) in [6.45, 7) is 1.83. The Morgan fingerprint density at radius 3 is 2.87 bits per heavy atom. The lowest BCUT2D eigenvalue weighted by Crippen LogP contribution is -1.95. The van der Waals surface area contributed by atoms with Crippen LogP contribution in [0.4, 0.5) is 4.39 Å². The number of aryl methyl sites for hydroxylation is 1. The van der Waals surface area contributed by atoms with E-state index in [1.54, 1.807) is 12.1 Å². The van der Waals surface area contributed by atoms with E-state index < -0.39 is 5.97 Å². The molecule has 0 aliphatic heterocycles. The Bertz CT molecular complexity index is 383. The molecule has 1 aromatic rings. The highest BCUT2D eigenvalue weighted by Crippen LogP contribution is 2.10. The topological polar surface area (TPSA) is 26.3 Å². The van der Waals surface area contributed by atoms with Gasteiger partial charge in [0.05, 0.1) is 7.11 Å². The summed E-state index contributed by atoms with van der Waals surface area (Å²) in [4.78, 5) is 10.7. The lowest BCUT2D eigenvalue weighted by molar-refractivity contribution is -0.134. The van der Waals surface area contributed by atoms with E-state index in [2.05, 4.69) is 4.74 Å². The SMILES string of the molecule is COC(=O)/C=C/Cc1ccc(C)cc1F. The van der Waals surface area contributed by atoms with E-state index in [1.165, 1.54) is 19.3 Å². The van der Waals surface area contributed by atoms with Gasteiger partial charge < -0.3 is 4.74 Å². The summed E-state index contributed by atoms with van der Waals surface area (Å²) in [5, 5.41) is 0. The molecule has 0 heterocycles. The first kappa shape index (κ1) is 11.4. The van der Waals surface area contributed by atoms with Crippen molar-refractivity contribution in [1.82, 2.24) is 0 Å². The van der Waals surface area contributed by atoms with E-state index in [4.69, 9.17) is 0 Å². The molecule has 0 aromatic heterocycles. The van der Waals surface area contributed by atoms with Crippen molar-refractivity contribution in [2.24, 2.45) is 0 Å². The number of benzene rings is 1. The summed E-state index contributed by atoms with van der Waals surface area (Å²) < 4.78 is 17.7. The van der Waals surface area contributed by atoms with Gasteiger partial charge in [0, 0.05) is 6.08 Å². The zero-order valence-electron chi connectivity index (χ0n) is 8.79. The van der Waals surface area contributed by atoms with Gasteiger partial charge in [-0.1, -0.05) is 18.2 Å². The largest absolute Gasteiger partial charge is 0.466 e. The second-order valence-electron chi connectivity index (χ2n) is 3.22. The zero-order valence-corrected chi connectivity index (χ0v) is 8.79. The Kier molecular flexibility index (Phi) is 4.03. The summed E-state index contributed by atoms with van der Waals surface area (Å²) in [5.41, 5.74) is 1.45. The molecule has 0 radical (unpaired) electrons. The van der Waals surface area contributed by atoms with Gasteiger partial charge in [-0.25, -0.2) is 9.18 Å². The fraction of sp³-hybridized carbons (Fsp3) is 0.250.